The van der Waals surface area contributed by atoms with Crippen LogP contribution in [0.1, 0.15) is 20.9 Å². The molecule has 0 aliphatic rings. The largest absolute Gasteiger partial charge is 0.459 e. The summed E-state index contributed by atoms with van der Waals surface area (Å²) in [6, 6.07) is 10.3. The first-order chi connectivity index (χ1) is 9.66. The summed E-state index contributed by atoms with van der Waals surface area (Å²) < 4.78 is 5.80. The molecule has 0 saturated heterocycles. The highest BCUT2D eigenvalue weighted by Crippen LogP contribution is 2.11. The van der Waals surface area contributed by atoms with Crippen molar-refractivity contribution in [3.63, 3.8) is 0 Å². The summed E-state index contributed by atoms with van der Waals surface area (Å²) in [6.45, 7) is 0.678. The van der Waals surface area contributed by atoms with Gasteiger partial charge in [0.05, 0.1) is 6.26 Å². The molecule has 0 aliphatic carbocycles. The molecule has 0 unspecified atom stereocenters. The van der Waals surface area contributed by atoms with Gasteiger partial charge < -0.3 is 15.1 Å². The van der Waals surface area contributed by atoms with E-state index >= 15 is 0 Å². The van der Waals surface area contributed by atoms with Crippen molar-refractivity contribution in [1.82, 2.24) is 10.6 Å². The van der Waals surface area contributed by atoms with Crippen molar-refractivity contribution in [2.45, 2.75) is 0 Å². The highest BCUT2D eigenvalue weighted by atomic mass is 79.9. The number of nitrogens with one attached hydrogen (secondary N) is 2. The molecule has 0 saturated carbocycles. The predicted octanol–water partition coefficient (Wildman–Crippen LogP) is 2.20. The third-order valence-corrected chi connectivity index (χ3v) is 3.02. The number of hydrogen-bond donors (Lipinski definition) is 2. The molecule has 2 aromatic rings. The van der Waals surface area contributed by atoms with Gasteiger partial charge in [-0.05, 0) is 30.3 Å². The third-order valence-electron chi connectivity index (χ3n) is 2.53. The minimum absolute atomic E-state index is 0.182. The predicted molar refractivity (Wildman–Crippen MR) is 77.5 cm³/mol. The molecule has 2 amide bonds. The van der Waals surface area contributed by atoms with Crippen molar-refractivity contribution >= 4 is 27.7 Å². The molecule has 20 heavy (non-hydrogen) atoms. The Hall–Kier alpha value is -2.08. The summed E-state index contributed by atoms with van der Waals surface area (Å²) in [5.41, 5.74) is 0.566. The van der Waals surface area contributed by atoms with E-state index in [1.807, 2.05) is 6.07 Å². The van der Waals surface area contributed by atoms with Crippen LogP contribution < -0.4 is 10.6 Å². The zero-order valence-corrected chi connectivity index (χ0v) is 12.1. The first kappa shape index (κ1) is 14.3. The quantitative estimate of drug-likeness (QED) is 0.822. The van der Waals surface area contributed by atoms with Gasteiger partial charge in [-0.25, -0.2) is 0 Å². The number of amides is 2. The molecular formula is C14H13BrN2O3. The second kappa shape index (κ2) is 6.91. The van der Waals surface area contributed by atoms with Crippen LogP contribution in [0.25, 0.3) is 0 Å². The standard InChI is InChI=1S/C14H13BrN2O3/c15-11-4-1-3-10(9-11)13(18)16-6-7-17-14(19)12-5-2-8-20-12/h1-5,8-9H,6-7H2,(H,16,18)(H,17,19). The van der Waals surface area contributed by atoms with Gasteiger partial charge in [0, 0.05) is 23.1 Å². The van der Waals surface area contributed by atoms with Crippen molar-refractivity contribution in [2.75, 3.05) is 13.1 Å². The van der Waals surface area contributed by atoms with E-state index in [1.165, 1.54) is 6.26 Å². The van der Waals surface area contributed by atoms with Crippen LogP contribution in [0.5, 0.6) is 0 Å². The molecule has 1 heterocycles. The molecule has 5 nitrogen and oxygen atoms in total. The number of furan rings is 1. The molecule has 6 heteroatoms. The average molecular weight is 337 g/mol. The molecule has 104 valence electrons. The monoisotopic (exact) mass is 336 g/mol. The summed E-state index contributed by atoms with van der Waals surface area (Å²) in [4.78, 5) is 23.3. The Kier molecular flexibility index (Phi) is 4.95. The molecule has 0 bridgehead atoms. The maximum atomic E-state index is 11.8. The van der Waals surface area contributed by atoms with Gasteiger partial charge in [0.15, 0.2) is 5.76 Å². The highest BCUT2D eigenvalue weighted by molar-refractivity contribution is 9.10. The van der Waals surface area contributed by atoms with E-state index in [9.17, 15) is 9.59 Å². The molecule has 0 spiro atoms. The van der Waals surface area contributed by atoms with Crippen LogP contribution >= 0.6 is 15.9 Å². The van der Waals surface area contributed by atoms with Crippen molar-refractivity contribution in [2.24, 2.45) is 0 Å². The number of hydrogen-bond acceptors (Lipinski definition) is 3. The minimum atomic E-state index is -0.299. The lowest BCUT2D eigenvalue weighted by molar-refractivity contribution is 0.0910. The third kappa shape index (κ3) is 3.96. The van der Waals surface area contributed by atoms with E-state index in [-0.39, 0.29) is 17.6 Å². The normalized spacial score (nSPS) is 10.1. The molecule has 1 aromatic carbocycles. The smallest absolute Gasteiger partial charge is 0.287 e. The minimum Gasteiger partial charge on any atom is -0.459 e. The zero-order valence-electron chi connectivity index (χ0n) is 10.6. The van der Waals surface area contributed by atoms with Crippen LogP contribution in [-0.2, 0) is 0 Å². The van der Waals surface area contributed by atoms with Crippen LogP contribution in [-0.4, -0.2) is 24.9 Å². The Balaban J connectivity index is 1.73. The Bertz CT molecular complexity index is 596. The topological polar surface area (TPSA) is 71.3 Å². The molecule has 0 radical (unpaired) electrons. The van der Waals surface area contributed by atoms with E-state index in [0.717, 1.165) is 4.47 Å². The van der Waals surface area contributed by atoms with Crippen molar-refractivity contribution in [1.29, 1.82) is 0 Å². The summed E-state index contributed by atoms with van der Waals surface area (Å²) in [6.07, 6.45) is 1.43. The van der Waals surface area contributed by atoms with E-state index in [1.54, 1.807) is 30.3 Å². The van der Waals surface area contributed by atoms with E-state index in [0.29, 0.717) is 18.7 Å². The molecular weight excluding hydrogens is 324 g/mol. The Morgan fingerprint density at radius 1 is 1.05 bits per heavy atom. The fraction of sp³-hybridized carbons (Fsp3) is 0.143. The highest BCUT2D eigenvalue weighted by Gasteiger charge is 2.08. The van der Waals surface area contributed by atoms with Crippen molar-refractivity contribution in [3.8, 4) is 0 Å². The van der Waals surface area contributed by atoms with Gasteiger partial charge in [-0.3, -0.25) is 9.59 Å². The van der Waals surface area contributed by atoms with Gasteiger partial charge in [0.2, 0.25) is 0 Å². The zero-order chi connectivity index (χ0) is 14.4. The number of rotatable bonds is 5. The first-order valence-corrected chi connectivity index (χ1v) is 6.81. The maximum absolute atomic E-state index is 11.8. The summed E-state index contributed by atoms with van der Waals surface area (Å²) >= 11 is 3.31. The second-order valence-electron chi connectivity index (χ2n) is 4.00. The lowest BCUT2D eigenvalue weighted by Crippen LogP contribution is -2.34. The van der Waals surface area contributed by atoms with Crippen LogP contribution in [0.2, 0.25) is 0 Å². The Morgan fingerprint density at radius 2 is 1.80 bits per heavy atom. The second-order valence-corrected chi connectivity index (χ2v) is 4.92. The first-order valence-electron chi connectivity index (χ1n) is 6.02. The van der Waals surface area contributed by atoms with Gasteiger partial charge >= 0.3 is 0 Å². The maximum Gasteiger partial charge on any atom is 0.287 e. The molecule has 1 aromatic heterocycles. The van der Waals surface area contributed by atoms with Crippen molar-refractivity contribution < 1.29 is 14.0 Å². The summed E-state index contributed by atoms with van der Waals surface area (Å²) in [7, 11) is 0. The van der Waals surface area contributed by atoms with Crippen molar-refractivity contribution in [3.05, 3.63) is 58.5 Å². The summed E-state index contributed by atoms with van der Waals surface area (Å²) in [5.74, 6) is -0.228. The van der Waals surface area contributed by atoms with Crippen LogP contribution in [0, 0.1) is 0 Å². The SMILES string of the molecule is O=C(NCCNC(=O)c1ccco1)c1cccc(Br)c1. The van der Waals surface area contributed by atoms with Gasteiger partial charge in [-0.2, -0.15) is 0 Å². The van der Waals surface area contributed by atoms with Gasteiger partial charge in [-0.15, -0.1) is 0 Å². The lowest BCUT2D eigenvalue weighted by Gasteiger charge is -2.06. The van der Waals surface area contributed by atoms with Crippen LogP contribution in [0.3, 0.4) is 0 Å². The van der Waals surface area contributed by atoms with E-state index in [2.05, 4.69) is 26.6 Å². The van der Waals surface area contributed by atoms with Gasteiger partial charge in [-0.1, -0.05) is 22.0 Å². The molecule has 0 aliphatic heterocycles. The Morgan fingerprint density at radius 3 is 2.45 bits per heavy atom. The molecule has 0 atom stereocenters. The molecule has 2 rings (SSSR count). The molecule has 0 fully saturated rings. The molecule has 2 N–H and O–H groups in total. The van der Waals surface area contributed by atoms with Gasteiger partial charge in [0.1, 0.15) is 0 Å². The number of carbonyl (C=O) groups is 2. The average Bonchev–Trinajstić information content (AvgIpc) is 2.97. The van der Waals surface area contributed by atoms with Crippen LogP contribution in [0.15, 0.2) is 51.6 Å². The van der Waals surface area contributed by atoms with Crippen LogP contribution in [0.4, 0.5) is 0 Å². The van der Waals surface area contributed by atoms with Gasteiger partial charge in [0.25, 0.3) is 11.8 Å². The number of benzene rings is 1. The fourth-order valence-electron chi connectivity index (χ4n) is 1.58. The summed E-state index contributed by atoms with van der Waals surface area (Å²) in [5, 5.41) is 5.37. The Labute approximate surface area is 124 Å². The number of halogens is 1. The number of carbonyl (C=O) groups excluding carboxylic acids is 2. The fourth-order valence-corrected chi connectivity index (χ4v) is 1.98. The van der Waals surface area contributed by atoms with E-state index < -0.39 is 0 Å². The lowest BCUT2D eigenvalue weighted by atomic mass is 10.2. The van der Waals surface area contributed by atoms with E-state index in [4.69, 9.17) is 4.42 Å².